The van der Waals surface area contributed by atoms with Crippen LogP contribution in [0.2, 0.25) is 0 Å². The van der Waals surface area contributed by atoms with Crippen LogP contribution < -0.4 is 5.73 Å². The van der Waals surface area contributed by atoms with E-state index in [9.17, 15) is 4.79 Å². The molecule has 1 heterocycles. The van der Waals surface area contributed by atoms with Crippen molar-refractivity contribution in [3.63, 3.8) is 0 Å². The summed E-state index contributed by atoms with van der Waals surface area (Å²) >= 11 is 0. The van der Waals surface area contributed by atoms with E-state index in [1.165, 1.54) is 0 Å². The number of nitrogen functional groups attached to an aromatic ring is 1. The summed E-state index contributed by atoms with van der Waals surface area (Å²) in [4.78, 5) is 16.5. The van der Waals surface area contributed by atoms with Crippen molar-refractivity contribution in [2.75, 3.05) is 12.3 Å². The standard InChI is InChI=1S/C18H16N2O2/c1-2-22-18(21)15-11-10-14(12-6-3-4-7-13(12)15)16-8-5-9-17(19)20-16/h3-11H,2H2,1H3,(H2,19,20). The Kier molecular flexibility index (Phi) is 3.74. The van der Waals surface area contributed by atoms with Gasteiger partial charge in [0.1, 0.15) is 5.82 Å². The number of carbonyl (C=O) groups excluding carboxylic acids is 1. The zero-order chi connectivity index (χ0) is 15.5. The topological polar surface area (TPSA) is 65.2 Å². The Labute approximate surface area is 128 Å². The lowest BCUT2D eigenvalue weighted by Crippen LogP contribution is -2.05. The largest absolute Gasteiger partial charge is 0.462 e. The van der Waals surface area contributed by atoms with E-state index in [1.54, 1.807) is 19.1 Å². The number of hydrogen-bond donors (Lipinski definition) is 1. The van der Waals surface area contributed by atoms with Gasteiger partial charge in [0, 0.05) is 5.56 Å². The molecule has 3 aromatic rings. The summed E-state index contributed by atoms with van der Waals surface area (Å²) in [6, 6.07) is 16.9. The first-order valence-electron chi connectivity index (χ1n) is 7.12. The summed E-state index contributed by atoms with van der Waals surface area (Å²) in [5.74, 6) is 0.154. The first kappa shape index (κ1) is 14.1. The van der Waals surface area contributed by atoms with Crippen molar-refractivity contribution in [2.45, 2.75) is 6.92 Å². The van der Waals surface area contributed by atoms with Gasteiger partial charge in [0.15, 0.2) is 0 Å². The summed E-state index contributed by atoms with van der Waals surface area (Å²) in [6.07, 6.45) is 0. The molecule has 0 amide bonds. The molecule has 2 aromatic carbocycles. The molecule has 0 radical (unpaired) electrons. The number of ether oxygens (including phenoxy) is 1. The van der Waals surface area contributed by atoms with Crippen LogP contribution in [0.5, 0.6) is 0 Å². The van der Waals surface area contributed by atoms with E-state index in [4.69, 9.17) is 10.5 Å². The van der Waals surface area contributed by atoms with Crippen molar-refractivity contribution in [3.8, 4) is 11.3 Å². The van der Waals surface area contributed by atoms with Crippen molar-refractivity contribution in [2.24, 2.45) is 0 Å². The van der Waals surface area contributed by atoms with E-state index in [0.717, 1.165) is 22.0 Å². The molecular weight excluding hydrogens is 276 g/mol. The summed E-state index contributed by atoms with van der Waals surface area (Å²) in [5.41, 5.74) is 8.06. The molecule has 0 aliphatic rings. The van der Waals surface area contributed by atoms with Gasteiger partial charge in [0.25, 0.3) is 0 Å². The van der Waals surface area contributed by atoms with E-state index in [2.05, 4.69) is 4.98 Å². The fourth-order valence-corrected chi connectivity index (χ4v) is 2.51. The molecule has 0 spiro atoms. The minimum atomic E-state index is -0.314. The van der Waals surface area contributed by atoms with Gasteiger partial charge in [0.05, 0.1) is 17.9 Å². The molecule has 4 heteroatoms. The van der Waals surface area contributed by atoms with Gasteiger partial charge in [-0.3, -0.25) is 0 Å². The van der Waals surface area contributed by atoms with Crippen LogP contribution in [0, 0.1) is 0 Å². The monoisotopic (exact) mass is 292 g/mol. The normalized spacial score (nSPS) is 10.6. The number of fused-ring (bicyclic) bond motifs is 1. The molecule has 0 aliphatic heterocycles. The van der Waals surface area contributed by atoms with Gasteiger partial charge < -0.3 is 10.5 Å². The van der Waals surface area contributed by atoms with Crippen molar-refractivity contribution in [1.82, 2.24) is 4.98 Å². The number of pyridine rings is 1. The van der Waals surface area contributed by atoms with Crippen LogP contribution in [0.3, 0.4) is 0 Å². The van der Waals surface area contributed by atoms with Crippen molar-refractivity contribution in [1.29, 1.82) is 0 Å². The average Bonchev–Trinajstić information content (AvgIpc) is 2.54. The number of hydrogen-bond acceptors (Lipinski definition) is 4. The van der Waals surface area contributed by atoms with E-state index < -0.39 is 0 Å². The van der Waals surface area contributed by atoms with Crippen LogP contribution in [0.4, 0.5) is 5.82 Å². The Morgan fingerprint density at radius 2 is 1.82 bits per heavy atom. The van der Waals surface area contributed by atoms with Crippen LogP contribution in [-0.2, 0) is 4.74 Å². The van der Waals surface area contributed by atoms with Gasteiger partial charge in [-0.05, 0) is 35.9 Å². The van der Waals surface area contributed by atoms with Crippen LogP contribution in [0.15, 0.2) is 54.6 Å². The second-order valence-electron chi connectivity index (χ2n) is 4.87. The highest BCUT2D eigenvalue weighted by atomic mass is 16.5. The van der Waals surface area contributed by atoms with Crippen LogP contribution >= 0.6 is 0 Å². The molecule has 22 heavy (non-hydrogen) atoms. The molecule has 0 saturated carbocycles. The van der Waals surface area contributed by atoms with Gasteiger partial charge in [-0.25, -0.2) is 9.78 Å². The molecule has 0 unspecified atom stereocenters. The van der Waals surface area contributed by atoms with E-state index >= 15 is 0 Å². The van der Waals surface area contributed by atoms with Gasteiger partial charge in [-0.2, -0.15) is 0 Å². The zero-order valence-corrected chi connectivity index (χ0v) is 12.2. The highest BCUT2D eigenvalue weighted by Gasteiger charge is 2.14. The molecule has 0 aliphatic carbocycles. The molecular formula is C18H16N2O2. The molecule has 1 aromatic heterocycles. The Bertz CT molecular complexity index is 843. The predicted octanol–water partition coefficient (Wildman–Crippen LogP) is 3.66. The number of aromatic nitrogens is 1. The van der Waals surface area contributed by atoms with E-state index in [0.29, 0.717) is 18.0 Å². The number of rotatable bonds is 3. The summed E-state index contributed by atoms with van der Waals surface area (Å²) < 4.78 is 5.13. The van der Waals surface area contributed by atoms with Crippen molar-refractivity contribution >= 4 is 22.6 Å². The molecule has 2 N–H and O–H groups in total. The number of nitrogens with two attached hydrogens (primary N) is 1. The van der Waals surface area contributed by atoms with Gasteiger partial charge in [0.2, 0.25) is 0 Å². The predicted molar refractivity (Wildman–Crippen MR) is 87.5 cm³/mol. The molecule has 4 nitrogen and oxygen atoms in total. The van der Waals surface area contributed by atoms with E-state index in [-0.39, 0.29) is 5.97 Å². The molecule has 0 fully saturated rings. The van der Waals surface area contributed by atoms with Crippen molar-refractivity contribution in [3.05, 3.63) is 60.2 Å². The summed E-state index contributed by atoms with van der Waals surface area (Å²) in [7, 11) is 0. The van der Waals surface area contributed by atoms with E-state index in [1.807, 2.05) is 42.5 Å². The third kappa shape index (κ3) is 2.51. The molecule has 3 rings (SSSR count). The summed E-state index contributed by atoms with van der Waals surface area (Å²) in [6.45, 7) is 2.15. The smallest absolute Gasteiger partial charge is 0.338 e. The molecule has 0 bridgehead atoms. The third-order valence-electron chi connectivity index (χ3n) is 3.47. The maximum Gasteiger partial charge on any atom is 0.338 e. The molecule has 0 atom stereocenters. The Hall–Kier alpha value is -2.88. The third-order valence-corrected chi connectivity index (χ3v) is 3.47. The maximum absolute atomic E-state index is 12.1. The first-order valence-corrected chi connectivity index (χ1v) is 7.12. The van der Waals surface area contributed by atoms with Gasteiger partial charge >= 0.3 is 5.97 Å². The van der Waals surface area contributed by atoms with Gasteiger partial charge in [-0.1, -0.05) is 36.4 Å². The van der Waals surface area contributed by atoms with Crippen LogP contribution in [0.1, 0.15) is 17.3 Å². The number of nitrogens with zero attached hydrogens (tertiary/aromatic N) is 1. The SMILES string of the molecule is CCOC(=O)c1ccc(-c2cccc(N)n2)c2ccccc12. The van der Waals surface area contributed by atoms with Crippen LogP contribution in [0.25, 0.3) is 22.0 Å². The van der Waals surface area contributed by atoms with Crippen LogP contribution in [-0.4, -0.2) is 17.6 Å². The Morgan fingerprint density at radius 1 is 1.05 bits per heavy atom. The quantitative estimate of drug-likeness (QED) is 0.748. The molecule has 110 valence electrons. The Balaban J connectivity index is 2.22. The first-order chi connectivity index (χ1) is 10.7. The van der Waals surface area contributed by atoms with Crippen molar-refractivity contribution < 1.29 is 9.53 Å². The maximum atomic E-state index is 12.1. The summed E-state index contributed by atoms with van der Waals surface area (Å²) in [5, 5.41) is 1.80. The minimum Gasteiger partial charge on any atom is -0.462 e. The second-order valence-corrected chi connectivity index (χ2v) is 4.87. The Morgan fingerprint density at radius 3 is 2.55 bits per heavy atom. The lowest BCUT2D eigenvalue weighted by molar-refractivity contribution is 0.0528. The fraction of sp³-hybridized carbons (Fsp3) is 0.111. The lowest BCUT2D eigenvalue weighted by Gasteiger charge is -2.10. The highest BCUT2D eigenvalue weighted by Crippen LogP contribution is 2.30. The average molecular weight is 292 g/mol. The fourth-order valence-electron chi connectivity index (χ4n) is 2.51. The minimum absolute atomic E-state index is 0.314. The molecule has 0 saturated heterocycles. The number of anilines is 1. The number of carbonyl (C=O) groups is 1. The second kappa shape index (κ2) is 5.85. The van der Waals surface area contributed by atoms with Gasteiger partial charge in [-0.15, -0.1) is 0 Å². The number of benzene rings is 2. The number of esters is 1. The zero-order valence-electron chi connectivity index (χ0n) is 12.2. The lowest BCUT2D eigenvalue weighted by atomic mass is 9.97. The highest BCUT2D eigenvalue weighted by molar-refractivity contribution is 6.08.